The molecule has 41 heavy (non-hydrogen) atoms. The normalized spacial score (nSPS) is 15.0. The van der Waals surface area contributed by atoms with Crippen LogP contribution in [0.15, 0.2) is 84.8 Å². The highest BCUT2D eigenvalue weighted by Gasteiger charge is 2.30. The number of hydrogen-bond acceptors (Lipinski definition) is 5. The van der Waals surface area contributed by atoms with Gasteiger partial charge in [0.2, 0.25) is 0 Å². The summed E-state index contributed by atoms with van der Waals surface area (Å²) in [7, 11) is 0. The number of rotatable bonds is 10. The van der Waals surface area contributed by atoms with Gasteiger partial charge < -0.3 is 21.8 Å². The number of anilines is 2. The quantitative estimate of drug-likeness (QED) is 0.115. The van der Waals surface area contributed by atoms with E-state index >= 15 is 0 Å². The Bertz CT molecular complexity index is 1410. The number of aliphatic imine (C=N–C) groups is 1. The molecule has 0 unspecified atom stereocenters. The number of nitrogens with zero attached hydrogens (tertiary/aromatic N) is 3. The van der Waals surface area contributed by atoms with Gasteiger partial charge in [0.1, 0.15) is 12.0 Å². The van der Waals surface area contributed by atoms with E-state index in [9.17, 15) is 13.2 Å². The molecule has 7 nitrogen and oxygen atoms in total. The van der Waals surface area contributed by atoms with Crippen LogP contribution >= 0.6 is 0 Å². The minimum absolute atomic E-state index is 0.446. The molecular weight excluding hydrogens is 527 g/mol. The van der Waals surface area contributed by atoms with E-state index in [0.29, 0.717) is 34.0 Å². The molecule has 0 atom stereocenters. The summed E-state index contributed by atoms with van der Waals surface area (Å²) in [6, 6.07) is 13.8. The number of nitrogens with one attached hydrogen (secondary N) is 2. The first-order valence-electron chi connectivity index (χ1n) is 13.5. The summed E-state index contributed by atoms with van der Waals surface area (Å²) in [5.74, 6) is 0.446. The lowest BCUT2D eigenvalue weighted by atomic mass is 10.0. The molecule has 0 saturated carbocycles. The molecule has 4 rings (SSSR count). The lowest BCUT2D eigenvalue weighted by Gasteiger charge is -2.25. The second kappa shape index (κ2) is 13.9. The molecule has 2 heterocycles. The zero-order valence-corrected chi connectivity index (χ0v) is 22.8. The Hall–Kier alpha value is -4.28. The van der Waals surface area contributed by atoms with E-state index in [1.54, 1.807) is 18.3 Å². The molecule has 0 aliphatic carbocycles. The van der Waals surface area contributed by atoms with Crippen molar-refractivity contribution >= 4 is 29.0 Å². The monoisotopic (exact) mass is 562 g/mol. The van der Waals surface area contributed by atoms with E-state index < -0.39 is 11.7 Å². The Kier molecular flexibility index (Phi) is 10.0. The van der Waals surface area contributed by atoms with E-state index in [1.807, 2.05) is 24.4 Å². The molecule has 10 heteroatoms. The van der Waals surface area contributed by atoms with Crippen LogP contribution in [0.5, 0.6) is 0 Å². The number of allylic oxidation sites excluding steroid dienone is 1. The first-order chi connectivity index (χ1) is 19.8. The Balaban J connectivity index is 1.47. The van der Waals surface area contributed by atoms with E-state index in [-0.39, 0.29) is 0 Å². The Morgan fingerprint density at radius 1 is 1.10 bits per heavy atom. The minimum atomic E-state index is -4.40. The zero-order valence-electron chi connectivity index (χ0n) is 22.8. The fourth-order valence-electron chi connectivity index (χ4n) is 4.73. The van der Waals surface area contributed by atoms with Crippen molar-refractivity contribution in [2.45, 2.75) is 25.4 Å². The molecule has 1 aromatic heterocycles. The SMILES string of the molecule is C=CN=C(Nc1ccnc(-c2ccc(C(F)(F)F)cc2)c1)c1ccc(/C(C=N)=C/[NH2+]CCN2CCCCC2)cc1N. The number of aromatic nitrogens is 1. The predicted molar refractivity (Wildman–Crippen MR) is 160 cm³/mol. The maximum atomic E-state index is 12.9. The first kappa shape index (κ1) is 29.7. The number of likely N-dealkylation sites (tertiary alicyclic amines) is 1. The number of piperidine rings is 1. The van der Waals surface area contributed by atoms with Gasteiger partial charge in [0.05, 0.1) is 23.4 Å². The third-order valence-corrected chi connectivity index (χ3v) is 6.90. The Labute approximate surface area is 238 Å². The number of benzene rings is 2. The van der Waals surface area contributed by atoms with Gasteiger partial charge in [0, 0.05) is 47.7 Å². The summed E-state index contributed by atoms with van der Waals surface area (Å²) in [6.07, 6.45) is 5.69. The molecule has 6 N–H and O–H groups in total. The van der Waals surface area contributed by atoms with Crippen molar-refractivity contribution in [3.05, 3.63) is 96.5 Å². The van der Waals surface area contributed by atoms with Gasteiger partial charge in [0.25, 0.3) is 0 Å². The summed E-state index contributed by atoms with van der Waals surface area (Å²) in [5.41, 5.74) is 10.1. The molecule has 1 aliphatic rings. The highest BCUT2D eigenvalue weighted by molar-refractivity contribution is 6.13. The number of quaternary nitrogens is 1. The highest BCUT2D eigenvalue weighted by Crippen LogP contribution is 2.31. The fraction of sp³-hybridized carbons (Fsp3) is 0.258. The van der Waals surface area contributed by atoms with Gasteiger partial charge in [-0.3, -0.25) is 9.88 Å². The summed E-state index contributed by atoms with van der Waals surface area (Å²) in [6.45, 7) is 7.96. The van der Waals surface area contributed by atoms with E-state index in [4.69, 9.17) is 11.1 Å². The molecule has 0 bridgehead atoms. The Morgan fingerprint density at radius 2 is 1.85 bits per heavy atom. The molecule has 0 spiro atoms. The summed E-state index contributed by atoms with van der Waals surface area (Å²) >= 11 is 0. The van der Waals surface area contributed by atoms with Gasteiger partial charge in [-0.2, -0.15) is 13.2 Å². The maximum absolute atomic E-state index is 12.9. The van der Waals surface area contributed by atoms with E-state index in [1.165, 1.54) is 43.8 Å². The lowest BCUT2D eigenvalue weighted by Crippen LogP contribution is -2.80. The van der Waals surface area contributed by atoms with Crippen LogP contribution < -0.4 is 16.4 Å². The van der Waals surface area contributed by atoms with Crippen LogP contribution in [-0.2, 0) is 6.18 Å². The summed E-state index contributed by atoms with van der Waals surface area (Å²) < 4.78 is 38.8. The van der Waals surface area contributed by atoms with Crippen molar-refractivity contribution in [3.8, 4) is 11.3 Å². The van der Waals surface area contributed by atoms with Crippen molar-refractivity contribution in [2.75, 3.05) is 37.2 Å². The van der Waals surface area contributed by atoms with Crippen LogP contribution in [0.3, 0.4) is 0 Å². The molecule has 1 fully saturated rings. The van der Waals surface area contributed by atoms with E-state index in [2.05, 4.69) is 32.1 Å². The maximum Gasteiger partial charge on any atom is 0.416 e. The largest absolute Gasteiger partial charge is 0.416 e. The van der Waals surface area contributed by atoms with Crippen molar-refractivity contribution in [1.29, 1.82) is 5.41 Å². The number of pyridine rings is 1. The third-order valence-electron chi connectivity index (χ3n) is 6.90. The lowest BCUT2D eigenvalue weighted by molar-refractivity contribution is -0.586. The van der Waals surface area contributed by atoms with Crippen molar-refractivity contribution in [1.82, 2.24) is 9.88 Å². The van der Waals surface area contributed by atoms with Gasteiger partial charge in [-0.05, 0) is 67.9 Å². The highest BCUT2D eigenvalue weighted by atomic mass is 19.4. The summed E-state index contributed by atoms with van der Waals surface area (Å²) in [4.78, 5) is 11.1. The number of amidine groups is 1. The molecule has 0 amide bonds. The zero-order chi connectivity index (χ0) is 29.2. The fourth-order valence-corrected chi connectivity index (χ4v) is 4.73. The van der Waals surface area contributed by atoms with Gasteiger partial charge in [0.15, 0.2) is 0 Å². The standard InChI is InChI=1S/C31H34F3N7/c1-2-38-30(40-26-12-13-39-29(19-26)22-6-9-25(10-7-22)31(32,33)34)27-11-8-23(18-28(27)36)24(20-35)21-37-14-17-41-15-4-3-5-16-41/h2,6-13,18-21,35,37H,1,3-5,14-17,36H2,(H,38,39,40)/p+1/b24-21+,35-20?. The van der Waals surface area contributed by atoms with Crippen LogP contribution in [0, 0.1) is 5.41 Å². The van der Waals surface area contributed by atoms with Crippen LogP contribution in [0.4, 0.5) is 24.5 Å². The number of hydrogen-bond donors (Lipinski definition) is 4. The number of nitrogen functional groups attached to an aromatic ring is 1. The van der Waals surface area contributed by atoms with Crippen LogP contribution in [0.25, 0.3) is 16.8 Å². The van der Waals surface area contributed by atoms with Crippen molar-refractivity contribution in [3.63, 3.8) is 0 Å². The van der Waals surface area contributed by atoms with Crippen LogP contribution in [-0.4, -0.2) is 48.1 Å². The average Bonchev–Trinajstić information content (AvgIpc) is 2.97. The molecule has 0 radical (unpaired) electrons. The third kappa shape index (κ3) is 8.12. The minimum Gasteiger partial charge on any atom is -0.398 e. The number of alkyl halides is 3. The van der Waals surface area contributed by atoms with Crippen LogP contribution in [0.2, 0.25) is 0 Å². The molecule has 2 aromatic carbocycles. The topological polar surface area (TPSA) is 107 Å². The average molecular weight is 563 g/mol. The second-order valence-electron chi connectivity index (χ2n) is 9.79. The molecule has 1 aliphatic heterocycles. The first-order valence-corrected chi connectivity index (χ1v) is 13.5. The van der Waals surface area contributed by atoms with Crippen molar-refractivity contribution < 1.29 is 18.5 Å². The smallest absolute Gasteiger partial charge is 0.398 e. The molecule has 214 valence electrons. The van der Waals surface area contributed by atoms with Gasteiger partial charge in [-0.15, -0.1) is 0 Å². The number of halogens is 3. The van der Waals surface area contributed by atoms with Gasteiger partial charge >= 0.3 is 6.18 Å². The molecule has 1 saturated heterocycles. The Morgan fingerprint density at radius 3 is 2.51 bits per heavy atom. The second-order valence-corrected chi connectivity index (χ2v) is 9.79. The molecule has 3 aromatic rings. The summed E-state index contributed by atoms with van der Waals surface area (Å²) in [5, 5.41) is 13.2. The predicted octanol–water partition coefficient (Wildman–Crippen LogP) is 5.39. The van der Waals surface area contributed by atoms with Gasteiger partial charge in [-0.1, -0.05) is 31.2 Å². The molecular formula is C31H35F3N7+. The van der Waals surface area contributed by atoms with Crippen molar-refractivity contribution in [2.24, 2.45) is 4.99 Å². The number of nitrogens with two attached hydrogens (primary N) is 2. The van der Waals surface area contributed by atoms with Crippen LogP contribution in [0.1, 0.15) is 36.0 Å². The van der Waals surface area contributed by atoms with Gasteiger partial charge in [-0.25, -0.2) is 4.99 Å². The van der Waals surface area contributed by atoms with E-state index in [0.717, 1.165) is 49.4 Å².